The molecule has 0 heterocycles. The highest BCUT2D eigenvalue weighted by Crippen LogP contribution is 2.27. The molecule has 1 rings (SSSR count). The Morgan fingerprint density at radius 1 is 1.41 bits per heavy atom. The van der Waals surface area contributed by atoms with Gasteiger partial charge < -0.3 is 4.74 Å². The van der Waals surface area contributed by atoms with Gasteiger partial charge in [-0.1, -0.05) is 17.7 Å². The Kier molecular flexibility index (Phi) is 5.11. The third-order valence-electron chi connectivity index (χ3n) is 2.44. The van der Waals surface area contributed by atoms with Gasteiger partial charge in [-0.25, -0.2) is 0 Å². The van der Waals surface area contributed by atoms with Gasteiger partial charge in [0.25, 0.3) is 0 Å². The lowest BCUT2D eigenvalue weighted by Gasteiger charge is -2.15. The van der Waals surface area contributed by atoms with Gasteiger partial charge in [0, 0.05) is 5.88 Å². The van der Waals surface area contributed by atoms with Crippen molar-refractivity contribution >= 4 is 23.2 Å². The summed E-state index contributed by atoms with van der Waals surface area (Å²) in [5.41, 5.74) is 0.587. The number of ether oxygens (including phenoxy) is 1. The predicted octanol–water partition coefficient (Wildman–Crippen LogP) is 4.40. The largest absolute Gasteiger partial charge is 0.492 e. The molecular weight excluding hydrogens is 257 g/mol. The van der Waals surface area contributed by atoms with Gasteiger partial charge in [0.05, 0.1) is 23.1 Å². The van der Waals surface area contributed by atoms with E-state index in [1.54, 1.807) is 12.1 Å². The predicted molar refractivity (Wildman–Crippen MR) is 70.5 cm³/mol. The molecule has 0 aromatic heterocycles. The second kappa shape index (κ2) is 6.14. The molecule has 0 amide bonds. The molecule has 0 aliphatic carbocycles. The van der Waals surface area contributed by atoms with E-state index in [1.165, 1.54) is 0 Å². The number of halogens is 2. The second-order valence-corrected chi connectivity index (χ2v) is 5.17. The normalized spacial score (nSPS) is 11.0. The molecule has 0 radical (unpaired) electrons. The molecule has 2 nitrogen and oxygen atoms in total. The van der Waals surface area contributed by atoms with Crippen LogP contribution in [0, 0.1) is 16.7 Å². The summed E-state index contributed by atoms with van der Waals surface area (Å²) in [4.78, 5) is 0. The molecule has 92 valence electrons. The van der Waals surface area contributed by atoms with E-state index in [9.17, 15) is 0 Å². The van der Waals surface area contributed by atoms with E-state index in [2.05, 4.69) is 6.07 Å². The average molecular weight is 272 g/mol. The lowest BCUT2D eigenvalue weighted by Crippen LogP contribution is -2.13. The molecule has 4 heteroatoms. The number of alkyl halides is 1. The van der Waals surface area contributed by atoms with Crippen LogP contribution in [0.5, 0.6) is 5.75 Å². The molecular formula is C13H15Cl2NO. The van der Waals surface area contributed by atoms with Crippen molar-refractivity contribution in [2.75, 3.05) is 6.61 Å². The lowest BCUT2D eigenvalue weighted by molar-refractivity contribution is 0.264. The van der Waals surface area contributed by atoms with Crippen molar-refractivity contribution in [2.45, 2.75) is 26.1 Å². The molecule has 1 aromatic rings. The third-order valence-corrected chi connectivity index (χ3v) is 3.04. The summed E-state index contributed by atoms with van der Waals surface area (Å²) in [6.07, 6.45) is 0.664. The van der Waals surface area contributed by atoms with Crippen LogP contribution in [-0.4, -0.2) is 6.61 Å². The fourth-order valence-electron chi connectivity index (χ4n) is 1.22. The molecule has 0 atom stereocenters. The molecule has 0 aliphatic rings. The van der Waals surface area contributed by atoms with Crippen molar-refractivity contribution in [1.82, 2.24) is 0 Å². The summed E-state index contributed by atoms with van der Waals surface area (Å²) in [6.45, 7) is 4.24. The highest BCUT2D eigenvalue weighted by Gasteiger charge is 2.16. The SMILES string of the molecule is CC(C)(C#N)CCOc1ccc(CCl)cc1Cl. The number of rotatable bonds is 5. The van der Waals surface area contributed by atoms with Crippen molar-refractivity contribution in [2.24, 2.45) is 5.41 Å². The maximum Gasteiger partial charge on any atom is 0.137 e. The first-order chi connectivity index (χ1) is 7.98. The van der Waals surface area contributed by atoms with E-state index in [0.29, 0.717) is 29.7 Å². The quantitative estimate of drug-likeness (QED) is 0.744. The van der Waals surface area contributed by atoms with Crippen LogP contribution in [0.25, 0.3) is 0 Å². The summed E-state index contributed by atoms with van der Waals surface area (Å²) in [7, 11) is 0. The summed E-state index contributed by atoms with van der Waals surface area (Å²) >= 11 is 11.7. The van der Waals surface area contributed by atoms with Crippen LogP contribution in [0.2, 0.25) is 5.02 Å². The van der Waals surface area contributed by atoms with Crippen molar-refractivity contribution in [3.05, 3.63) is 28.8 Å². The fourth-order valence-corrected chi connectivity index (χ4v) is 1.64. The van der Waals surface area contributed by atoms with Crippen molar-refractivity contribution < 1.29 is 4.74 Å². The Hall–Kier alpha value is -0.910. The van der Waals surface area contributed by atoms with Crippen LogP contribution in [0.3, 0.4) is 0 Å². The van der Waals surface area contributed by atoms with Crippen LogP contribution in [0.4, 0.5) is 0 Å². The molecule has 17 heavy (non-hydrogen) atoms. The molecule has 0 N–H and O–H groups in total. The first-order valence-corrected chi connectivity index (χ1v) is 6.28. The zero-order chi connectivity index (χ0) is 12.9. The molecule has 0 spiro atoms. The van der Waals surface area contributed by atoms with Gasteiger partial charge in [0.15, 0.2) is 0 Å². The smallest absolute Gasteiger partial charge is 0.137 e. The van der Waals surface area contributed by atoms with Gasteiger partial charge in [-0.2, -0.15) is 5.26 Å². The Morgan fingerprint density at radius 3 is 2.65 bits per heavy atom. The topological polar surface area (TPSA) is 33.0 Å². The van der Waals surface area contributed by atoms with Crippen molar-refractivity contribution in [3.8, 4) is 11.8 Å². The van der Waals surface area contributed by atoms with Crippen LogP contribution >= 0.6 is 23.2 Å². The summed E-state index contributed by atoms with van der Waals surface area (Å²) in [5.74, 6) is 1.07. The molecule has 0 bridgehead atoms. The van der Waals surface area contributed by atoms with Crippen molar-refractivity contribution in [3.63, 3.8) is 0 Å². The first kappa shape index (κ1) is 14.2. The standard InChI is InChI=1S/C13H15Cl2NO/c1-13(2,9-16)5-6-17-12-4-3-10(8-14)7-11(12)15/h3-4,7H,5-6,8H2,1-2H3. The molecule has 0 fully saturated rings. The minimum absolute atomic E-state index is 0.372. The maximum atomic E-state index is 8.87. The first-order valence-electron chi connectivity index (χ1n) is 5.37. The summed E-state index contributed by atoms with van der Waals surface area (Å²) < 4.78 is 5.55. The van der Waals surface area contributed by atoms with Crippen LogP contribution in [-0.2, 0) is 5.88 Å². The number of nitrogens with zero attached hydrogens (tertiary/aromatic N) is 1. The molecule has 0 saturated carbocycles. The lowest BCUT2D eigenvalue weighted by atomic mass is 9.92. The maximum absolute atomic E-state index is 8.87. The zero-order valence-electron chi connectivity index (χ0n) is 9.96. The Bertz CT molecular complexity index is 424. The molecule has 0 unspecified atom stereocenters. The second-order valence-electron chi connectivity index (χ2n) is 4.49. The third kappa shape index (κ3) is 4.46. The van der Waals surface area contributed by atoms with Gasteiger partial charge in [0.1, 0.15) is 5.75 Å². The van der Waals surface area contributed by atoms with E-state index >= 15 is 0 Å². The summed E-state index contributed by atoms with van der Waals surface area (Å²) in [6, 6.07) is 7.70. The van der Waals surface area contributed by atoms with Gasteiger partial charge >= 0.3 is 0 Å². The van der Waals surface area contributed by atoms with Gasteiger partial charge in [-0.05, 0) is 38.0 Å². The van der Waals surface area contributed by atoms with Crippen LogP contribution < -0.4 is 4.74 Å². The van der Waals surface area contributed by atoms with E-state index in [1.807, 2.05) is 19.9 Å². The number of hydrogen-bond donors (Lipinski definition) is 0. The van der Waals surface area contributed by atoms with Gasteiger partial charge in [-0.3, -0.25) is 0 Å². The number of hydrogen-bond acceptors (Lipinski definition) is 2. The van der Waals surface area contributed by atoms with E-state index in [-0.39, 0.29) is 5.41 Å². The number of benzene rings is 1. The van der Waals surface area contributed by atoms with E-state index < -0.39 is 0 Å². The average Bonchev–Trinajstić information content (AvgIpc) is 2.31. The fraction of sp³-hybridized carbons (Fsp3) is 0.462. The van der Waals surface area contributed by atoms with Crippen LogP contribution in [0.15, 0.2) is 18.2 Å². The highest BCUT2D eigenvalue weighted by molar-refractivity contribution is 6.32. The van der Waals surface area contributed by atoms with Gasteiger partial charge in [0.2, 0.25) is 0 Å². The Balaban J connectivity index is 2.56. The molecule has 0 saturated heterocycles. The monoisotopic (exact) mass is 271 g/mol. The zero-order valence-corrected chi connectivity index (χ0v) is 11.5. The minimum Gasteiger partial charge on any atom is -0.492 e. The molecule has 1 aromatic carbocycles. The molecule has 0 aliphatic heterocycles. The summed E-state index contributed by atoms with van der Waals surface area (Å²) in [5, 5.41) is 9.42. The highest BCUT2D eigenvalue weighted by atomic mass is 35.5. The Morgan fingerprint density at radius 2 is 2.12 bits per heavy atom. The number of nitriles is 1. The van der Waals surface area contributed by atoms with Crippen molar-refractivity contribution in [1.29, 1.82) is 5.26 Å². The van der Waals surface area contributed by atoms with E-state index in [0.717, 1.165) is 5.56 Å². The minimum atomic E-state index is -0.372. The van der Waals surface area contributed by atoms with E-state index in [4.69, 9.17) is 33.2 Å². The Labute approximate surface area is 112 Å². The van der Waals surface area contributed by atoms with Gasteiger partial charge in [-0.15, -0.1) is 11.6 Å². The van der Waals surface area contributed by atoms with Crippen LogP contribution in [0.1, 0.15) is 25.8 Å².